The van der Waals surface area contributed by atoms with E-state index in [9.17, 15) is 9.90 Å². The average Bonchev–Trinajstić information content (AvgIpc) is 2.39. The first-order chi connectivity index (χ1) is 9.33. The van der Waals surface area contributed by atoms with E-state index in [1.807, 2.05) is 0 Å². The molecule has 0 radical (unpaired) electrons. The molecule has 1 N–H and O–H groups in total. The number of carboxylic acid groups (broad SMARTS) is 1. The molecule has 1 saturated carbocycles. The van der Waals surface area contributed by atoms with E-state index in [0.29, 0.717) is 17.3 Å². The zero-order valence-electron chi connectivity index (χ0n) is 13.3. The Hall–Kier alpha value is -0.570. The number of aliphatic carboxylic acids is 1. The van der Waals surface area contributed by atoms with Crippen molar-refractivity contribution in [3.8, 4) is 0 Å². The monoisotopic (exact) mass is 282 g/mol. The third-order valence-corrected chi connectivity index (χ3v) is 5.64. The molecule has 0 aromatic carbocycles. The molecule has 3 heteroatoms. The van der Waals surface area contributed by atoms with Gasteiger partial charge >= 0.3 is 5.97 Å². The minimum absolute atomic E-state index is 0.309. The lowest BCUT2D eigenvalue weighted by molar-refractivity contribution is -0.154. The molecule has 0 unspecified atom stereocenters. The zero-order valence-corrected chi connectivity index (χ0v) is 13.3. The Kier molecular flexibility index (Phi) is 4.78. The van der Waals surface area contributed by atoms with Crippen LogP contribution in [-0.4, -0.2) is 24.3 Å². The summed E-state index contributed by atoms with van der Waals surface area (Å²) in [4.78, 5) is 11.9. The summed E-state index contributed by atoms with van der Waals surface area (Å²) < 4.78 is 5.40. The van der Waals surface area contributed by atoms with Gasteiger partial charge in [0, 0.05) is 13.2 Å². The number of carbonyl (C=O) groups is 1. The van der Waals surface area contributed by atoms with Crippen LogP contribution in [0, 0.1) is 22.7 Å². The molecule has 1 aliphatic carbocycles. The van der Waals surface area contributed by atoms with Crippen LogP contribution < -0.4 is 0 Å². The largest absolute Gasteiger partial charge is 0.481 e. The molecule has 116 valence electrons. The van der Waals surface area contributed by atoms with Crippen LogP contribution in [0.5, 0.6) is 0 Å². The summed E-state index contributed by atoms with van der Waals surface area (Å²) in [6.45, 7) is 8.47. The van der Waals surface area contributed by atoms with Crippen molar-refractivity contribution in [3.63, 3.8) is 0 Å². The second-order valence-electron chi connectivity index (χ2n) is 7.99. The van der Waals surface area contributed by atoms with Crippen LogP contribution in [0.15, 0.2) is 0 Å². The summed E-state index contributed by atoms with van der Waals surface area (Å²) >= 11 is 0. The molecule has 2 rings (SSSR count). The Morgan fingerprint density at radius 2 is 1.70 bits per heavy atom. The van der Waals surface area contributed by atoms with E-state index in [0.717, 1.165) is 58.2 Å². The van der Waals surface area contributed by atoms with Crippen LogP contribution in [0.2, 0.25) is 0 Å². The molecule has 0 aromatic heterocycles. The Morgan fingerprint density at radius 1 is 1.15 bits per heavy atom. The summed E-state index contributed by atoms with van der Waals surface area (Å²) in [7, 11) is 0. The molecule has 1 aliphatic heterocycles. The van der Waals surface area contributed by atoms with Gasteiger partial charge in [0.1, 0.15) is 0 Å². The van der Waals surface area contributed by atoms with Crippen molar-refractivity contribution in [2.24, 2.45) is 22.7 Å². The topological polar surface area (TPSA) is 46.5 Å². The SMILES string of the molecule is CC(C)(C)C1CCC(CC2CCOCC2)(C(=O)O)CC1. The van der Waals surface area contributed by atoms with Gasteiger partial charge in [-0.25, -0.2) is 0 Å². The molecule has 0 aromatic rings. The molecule has 0 bridgehead atoms. The highest BCUT2D eigenvalue weighted by molar-refractivity contribution is 5.74. The van der Waals surface area contributed by atoms with Crippen LogP contribution in [0.3, 0.4) is 0 Å². The lowest BCUT2D eigenvalue weighted by Crippen LogP contribution is -2.40. The highest BCUT2D eigenvalue weighted by atomic mass is 16.5. The van der Waals surface area contributed by atoms with Crippen LogP contribution in [0.25, 0.3) is 0 Å². The maximum absolute atomic E-state index is 11.9. The Bertz CT molecular complexity index is 329. The molecule has 2 fully saturated rings. The van der Waals surface area contributed by atoms with Crippen LogP contribution in [0.1, 0.15) is 65.7 Å². The Labute approximate surface area is 123 Å². The van der Waals surface area contributed by atoms with Gasteiger partial charge in [0.25, 0.3) is 0 Å². The molecule has 1 heterocycles. The molecule has 20 heavy (non-hydrogen) atoms. The van der Waals surface area contributed by atoms with Crippen molar-refractivity contribution in [2.75, 3.05) is 13.2 Å². The number of ether oxygens (including phenoxy) is 1. The van der Waals surface area contributed by atoms with Gasteiger partial charge in [0.2, 0.25) is 0 Å². The van der Waals surface area contributed by atoms with Gasteiger partial charge in [-0.15, -0.1) is 0 Å². The van der Waals surface area contributed by atoms with Crippen molar-refractivity contribution in [2.45, 2.75) is 65.7 Å². The lowest BCUT2D eigenvalue weighted by Gasteiger charge is -2.43. The van der Waals surface area contributed by atoms with E-state index in [-0.39, 0.29) is 0 Å². The van der Waals surface area contributed by atoms with Crippen molar-refractivity contribution in [1.29, 1.82) is 0 Å². The van der Waals surface area contributed by atoms with Gasteiger partial charge in [-0.3, -0.25) is 4.79 Å². The van der Waals surface area contributed by atoms with E-state index in [1.54, 1.807) is 0 Å². The molecule has 1 saturated heterocycles. The molecule has 0 atom stereocenters. The predicted octanol–water partition coefficient (Wildman–Crippen LogP) is 4.11. The Balaban J connectivity index is 1.99. The molecule has 0 amide bonds. The second kappa shape index (κ2) is 6.05. The van der Waals surface area contributed by atoms with Crippen LogP contribution in [0.4, 0.5) is 0 Å². The molecule has 2 aliphatic rings. The third kappa shape index (κ3) is 3.55. The van der Waals surface area contributed by atoms with E-state index < -0.39 is 11.4 Å². The average molecular weight is 282 g/mol. The lowest BCUT2D eigenvalue weighted by atomic mass is 9.61. The third-order valence-electron chi connectivity index (χ3n) is 5.64. The zero-order chi connectivity index (χ0) is 14.8. The quantitative estimate of drug-likeness (QED) is 0.847. The van der Waals surface area contributed by atoms with Crippen molar-refractivity contribution < 1.29 is 14.6 Å². The number of rotatable bonds is 3. The van der Waals surface area contributed by atoms with Crippen molar-refractivity contribution in [3.05, 3.63) is 0 Å². The fourth-order valence-corrected chi connectivity index (χ4v) is 4.04. The first-order valence-corrected chi connectivity index (χ1v) is 8.15. The fourth-order valence-electron chi connectivity index (χ4n) is 4.04. The minimum atomic E-state index is -0.559. The first-order valence-electron chi connectivity index (χ1n) is 8.15. The summed E-state index contributed by atoms with van der Waals surface area (Å²) in [5.41, 5.74) is -0.146. The van der Waals surface area contributed by atoms with Gasteiger partial charge in [-0.2, -0.15) is 0 Å². The number of carboxylic acids is 1. The maximum atomic E-state index is 11.9. The smallest absolute Gasteiger partial charge is 0.309 e. The van der Waals surface area contributed by atoms with E-state index in [4.69, 9.17) is 4.74 Å². The first kappa shape index (κ1) is 15.8. The van der Waals surface area contributed by atoms with E-state index >= 15 is 0 Å². The number of hydrogen-bond donors (Lipinski definition) is 1. The highest BCUT2D eigenvalue weighted by Crippen LogP contribution is 2.49. The summed E-state index contributed by atoms with van der Waals surface area (Å²) in [6, 6.07) is 0. The van der Waals surface area contributed by atoms with Crippen LogP contribution >= 0.6 is 0 Å². The fraction of sp³-hybridized carbons (Fsp3) is 0.941. The van der Waals surface area contributed by atoms with Gasteiger partial charge in [-0.05, 0) is 62.2 Å². The number of hydrogen-bond acceptors (Lipinski definition) is 2. The van der Waals surface area contributed by atoms with Gasteiger partial charge in [-0.1, -0.05) is 20.8 Å². The van der Waals surface area contributed by atoms with Crippen molar-refractivity contribution >= 4 is 5.97 Å². The van der Waals surface area contributed by atoms with Crippen molar-refractivity contribution in [1.82, 2.24) is 0 Å². The second-order valence-corrected chi connectivity index (χ2v) is 7.99. The predicted molar refractivity (Wildman–Crippen MR) is 79.6 cm³/mol. The molecule has 0 spiro atoms. The van der Waals surface area contributed by atoms with Crippen LogP contribution in [-0.2, 0) is 9.53 Å². The van der Waals surface area contributed by atoms with E-state index in [1.165, 1.54) is 0 Å². The minimum Gasteiger partial charge on any atom is -0.481 e. The molecular weight excluding hydrogens is 252 g/mol. The van der Waals surface area contributed by atoms with Gasteiger partial charge < -0.3 is 9.84 Å². The summed E-state index contributed by atoms with van der Waals surface area (Å²) in [6.07, 6.45) is 6.80. The highest BCUT2D eigenvalue weighted by Gasteiger charge is 2.45. The summed E-state index contributed by atoms with van der Waals surface area (Å²) in [5, 5.41) is 9.78. The van der Waals surface area contributed by atoms with E-state index in [2.05, 4.69) is 20.8 Å². The van der Waals surface area contributed by atoms with Gasteiger partial charge in [0.05, 0.1) is 5.41 Å². The molecular formula is C17H30O3. The maximum Gasteiger partial charge on any atom is 0.309 e. The normalized spacial score (nSPS) is 33.0. The van der Waals surface area contributed by atoms with Gasteiger partial charge in [0.15, 0.2) is 0 Å². The standard InChI is InChI=1S/C17H30O3/c1-16(2,3)14-4-8-17(9-5-14,15(18)19)12-13-6-10-20-11-7-13/h13-14H,4-12H2,1-3H3,(H,18,19). The Morgan fingerprint density at radius 3 is 2.15 bits per heavy atom. The molecule has 3 nitrogen and oxygen atoms in total. The summed E-state index contributed by atoms with van der Waals surface area (Å²) in [5.74, 6) is 0.659.